The first-order valence-electron chi connectivity index (χ1n) is 10.1. The highest BCUT2D eigenvalue weighted by Gasteiger charge is 2.31. The summed E-state index contributed by atoms with van der Waals surface area (Å²) in [6.07, 6.45) is 3.35. The number of halogens is 1. The molecule has 2 heterocycles. The summed E-state index contributed by atoms with van der Waals surface area (Å²) in [5.74, 6) is 0.235. The second-order valence-electron chi connectivity index (χ2n) is 7.92. The molecule has 0 saturated carbocycles. The fraction of sp³-hybridized carbons (Fsp3) is 0.600. The van der Waals surface area contributed by atoms with Crippen molar-refractivity contribution in [3.63, 3.8) is 0 Å². The van der Waals surface area contributed by atoms with Gasteiger partial charge in [-0.1, -0.05) is 12.1 Å². The summed E-state index contributed by atoms with van der Waals surface area (Å²) >= 11 is 0. The Labute approximate surface area is 171 Å². The van der Waals surface area contributed by atoms with Gasteiger partial charge in [-0.15, -0.1) is 0 Å². The number of urea groups is 1. The van der Waals surface area contributed by atoms with Gasteiger partial charge in [0.05, 0.1) is 11.5 Å². The van der Waals surface area contributed by atoms with Crippen LogP contribution in [0, 0.1) is 11.7 Å². The minimum absolute atomic E-state index is 0.0300. The molecule has 9 heteroatoms. The normalized spacial score (nSPS) is 21.7. The molecule has 0 radical (unpaired) electrons. The first-order chi connectivity index (χ1) is 13.8. The van der Waals surface area contributed by atoms with E-state index in [2.05, 4.69) is 10.6 Å². The molecule has 2 saturated heterocycles. The molecule has 29 heavy (non-hydrogen) atoms. The lowest BCUT2D eigenvalue weighted by Crippen LogP contribution is -2.48. The Kier molecular flexibility index (Phi) is 7.10. The second-order valence-corrected chi connectivity index (χ2v) is 10.2. The third-order valence-corrected chi connectivity index (χ3v) is 7.41. The van der Waals surface area contributed by atoms with E-state index in [9.17, 15) is 22.4 Å². The second kappa shape index (κ2) is 9.56. The lowest BCUT2D eigenvalue weighted by molar-refractivity contribution is -0.121. The number of amides is 3. The average molecular weight is 426 g/mol. The summed E-state index contributed by atoms with van der Waals surface area (Å²) in [5, 5.41) is 5.67. The van der Waals surface area contributed by atoms with E-state index in [1.54, 1.807) is 17.0 Å². The van der Waals surface area contributed by atoms with Gasteiger partial charge in [0.25, 0.3) is 0 Å². The summed E-state index contributed by atoms with van der Waals surface area (Å²) in [5.41, 5.74) is 0.856. The maximum atomic E-state index is 12.9. The van der Waals surface area contributed by atoms with Gasteiger partial charge in [-0.05, 0) is 49.3 Å². The highest BCUT2D eigenvalue weighted by molar-refractivity contribution is 7.91. The highest BCUT2D eigenvalue weighted by Crippen LogP contribution is 2.22. The molecule has 0 aliphatic carbocycles. The Hall–Kier alpha value is -2.16. The molecule has 160 valence electrons. The van der Waals surface area contributed by atoms with Crippen molar-refractivity contribution in [2.45, 2.75) is 44.7 Å². The van der Waals surface area contributed by atoms with Crippen LogP contribution in [0.3, 0.4) is 0 Å². The minimum atomic E-state index is -3.01. The van der Waals surface area contributed by atoms with Gasteiger partial charge in [-0.25, -0.2) is 17.6 Å². The molecule has 2 aliphatic heterocycles. The highest BCUT2D eigenvalue weighted by atomic mass is 32.2. The van der Waals surface area contributed by atoms with Crippen LogP contribution in [0.1, 0.15) is 37.7 Å². The molecule has 0 spiro atoms. The molecule has 7 nitrogen and oxygen atoms in total. The standard InChI is InChI=1S/C20H28FN3O4S/c21-17-4-1-16(2-5-17)13-22-19(25)6-3-15-7-10-24(11-8-15)20(26)23-18-9-12-29(27,28)14-18/h1-2,4-5,15,18H,3,6-14H2,(H,22,25)(H,23,26)/t18-/m0/s1. The lowest BCUT2D eigenvalue weighted by Gasteiger charge is -2.32. The summed E-state index contributed by atoms with van der Waals surface area (Å²) in [6.45, 7) is 1.62. The number of carbonyl (C=O) groups is 2. The Morgan fingerprint density at radius 2 is 1.79 bits per heavy atom. The zero-order chi connectivity index (χ0) is 20.9. The molecule has 3 rings (SSSR count). The van der Waals surface area contributed by atoms with Crippen LogP contribution in [-0.4, -0.2) is 55.9 Å². The summed E-state index contributed by atoms with van der Waals surface area (Å²) < 4.78 is 35.9. The number of sulfone groups is 1. The Balaban J connectivity index is 1.31. The van der Waals surface area contributed by atoms with Crippen molar-refractivity contribution >= 4 is 21.8 Å². The molecule has 1 aromatic carbocycles. The first kappa shape index (κ1) is 21.5. The van der Waals surface area contributed by atoms with Crippen molar-refractivity contribution in [1.82, 2.24) is 15.5 Å². The number of carbonyl (C=O) groups excluding carboxylic acids is 2. The number of nitrogens with zero attached hydrogens (tertiary/aromatic N) is 1. The van der Waals surface area contributed by atoms with Gasteiger partial charge in [0.1, 0.15) is 5.82 Å². The van der Waals surface area contributed by atoms with Gasteiger partial charge in [0.15, 0.2) is 9.84 Å². The van der Waals surface area contributed by atoms with Crippen molar-refractivity contribution in [1.29, 1.82) is 0 Å². The molecule has 2 aliphatic rings. The number of hydrogen-bond acceptors (Lipinski definition) is 4. The van der Waals surface area contributed by atoms with E-state index in [-0.39, 0.29) is 35.3 Å². The van der Waals surface area contributed by atoms with E-state index in [1.807, 2.05) is 0 Å². The van der Waals surface area contributed by atoms with Crippen LogP contribution in [0.15, 0.2) is 24.3 Å². The number of nitrogens with one attached hydrogen (secondary N) is 2. The number of rotatable bonds is 6. The van der Waals surface area contributed by atoms with E-state index >= 15 is 0 Å². The molecule has 0 bridgehead atoms. The Morgan fingerprint density at radius 3 is 2.41 bits per heavy atom. The number of piperidine rings is 1. The van der Waals surface area contributed by atoms with Crippen molar-refractivity contribution in [3.8, 4) is 0 Å². The largest absolute Gasteiger partial charge is 0.352 e. The van der Waals surface area contributed by atoms with Crippen molar-refractivity contribution in [2.24, 2.45) is 5.92 Å². The van der Waals surface area contributed by atoms with Gasteiger partial charge in [0.2, 0.25) is 5.91 Å². The molecule has 0 aromatic heterocycles. The van der Waals surface area contributed by atoms with E-state index in [0.717, 1.165) is 24.8 Å². The zero-order valence-electron chi connectivity index (χ0n) is 16.4. The van der Waals surface area contributed by atoms with Crippen LogP contribution in [0.5, 0.6) is 0 Å². The number of hydrogen-bond donors (Lipinski definition) is 2. The topological polar surface area (TPSA) is 95.6 Å². The molecule has 2 N–H and O–H groups in total. The number of benzene rings is 1. The van der Waals surface area contributed by atoms with Gasteiger partial charge in [-0.2, -0.15) is 0 Å². The van der Waals surface area contributed by atoms with Crippen molar-refractivity contribution in [3.05, 3.63) is 35.6 Å². The molecule has 3 amide bonds. The van der Waals surface area contributed by atoms with Gasteiger partial charge in [-0.3, -0.25) is 4.79 Å². The predicted octanol–water partition coefficient (Wildman–Crippen LogP) is 1.83. The van der Waals surface area contributed by atoms with Gasteiger partial charge in [0, 0.05) is 32.1 Å². The summed E-state index contributed by atoms with van der Waals surface area (Å²) in [7, 11) is -3.01. The first-order valence-corrected chi connectivity index (χ1v) is 11.9. The average Bonchev–Trinajstić information content (AvgIpc) is 3.04. The Morgan fingerprint density at radius 1 is 1.10 bits per heavy atom. The third kappa shape index (κ3) is 6.69. The molecular formula is C20H28FN3O4S. The van der Waals surface area contributed by atoms with Crippen LogP contribution in [-0.2, 0) is 21.2 Å². The quantitative estimate of drug-likeness (QED) is 0.727. The summed E-state index contributed by atoms with van der Waals surface area (Å²) in [6, 6.07) is 5.57. The summed E-state index contributed by atoms with van der Waals surface area (Å²) in [4.78, 5) is 26.1. The van der Waals surface area contributed by atoms with Crippen LogP contribution in [0.2, 0.25) is 0 Å². The van der Waals surface area contributed by atoms with E-state index in [1.165, 1.54) is 12.1 Å². The number of likely N-dealkylation sites (tertiary alicyclic amines) is 1. The van der Waals surface area contributed by atoms with Crippen molar-refractivity contribution in [2.75, 3.05) is 24.6 Å². The van der Waals surface area contributed by atoms with Crippen LogP contribution in [0.4, 0.5) is 9.18 Å². The van der Waals surface area contributed by atoms with Crippen LogP contribution >= 0.6 is 0 Å². The minimum Gasteiger partial charge on any atom is -0.352 e. The molecule has 1 atom stereocenters. The van der Waals surface area contributed by atoms with E-state index in [0.29, 0.717) is 38.4 Å². The lowest BCUT2D eigenvalue weighted by atomic mass is 9.92. The molecular weight excluding hydrogens is 397 g/mol. The van der Waals surface area contributed by atoms with E-state index in [4.69, 9.17) is 0 Å². The zero-order valence-corrected chi connectivity index (χ0v) is 17.2. The monoisotopic (exact) mass is 425 g/mol. The SMILES string of the molecule is O=C(CCC1CCN(C(=O)N[C@H]2CCS(=O)(=O)C2)CC1)NCc1ccc(F)cc1. The van der Waals surface area contributed by atoms with Crippen LogP contribution < -0.4 is 10.6 Å². The van der Waals surface area contributed by atoms with Gasteiger partial charge >= 0.3 is 6.03 Å². The maximum Gasteiger partial charge on any atom is 0.317 e. The fourth-order valence-electron chi connectivity index (χ4n) is 3.83. The van der Waals surface area contributed by atoms with E-state index < -0.39 is 9.84 Å². The van der Waals surface area contributed by atoms with Crippen molar-refractivity contribution < 1.29 is 22.4 Å². The predicted molar refractivity (Wildman–Crippen MR) is 107 cm³/mol. The van der Waals surface area contributed by atoms with Gasteiger partial charge < -0.3 is 15.5 Å². The fourth-order valence-corrected chi connectivity index (χ4v) is 5.50. The Bertz CT molecular complexity index is 821. The maximum absolute atomic E-state index is 12.9. The molecule has 1 aromatic rings. The third-order valence-electron chi connectivity index (χ3n) is 5.64. The smallest absolute Gasteiger partial charge is 0.317 e. The molecule has 0 unspecified atom stereocenters. The molecule has 2 fully saturated rings. The van der Waals surface area contributed by atoms with Crippen LogP contribution in [0.25, 0.3) is 0 Å².